The van der Waals surface area contributed by atoms with Crippen molar-refractivity contribution >= 4 is 50.0 Å². The van der Waals surface area contributed by atoms with Gasteiger partial charge in [-0.15, -0.1) is 17.9 Å². The van der Waals surface area contributed by atoms with Crippen LogP contribution in [0.4, 0.5) is 0 Å². The molecule has 13 nitrogen and oxygen atoms in total. The lowest BCUT2D eigenvalue weighted by Gasteiger charge is -2.33. The van der Waals surface area contributed by atoms with Crippen molar-refractivity contribution in [3.63, 3.8) is 0 Å². The fraction of sp³-hybridized carbons (Fsp3) is 0.553. The second-order valence-electron chi connectivity index (χ2n) is 16.0. The first-order valence-corrected chi connectivity index (χ1v) is 20.4. The smallest absolute Gasteiger partial charge is 0.259 e. The lowest BCUT2D eigenvalue weighted by atomic mass is 9.86. The molecule has 3 aromatic rings. The SMILES string of the molecule is C=C[C@@H]1C[C@]1(NC(=O)[C@@H]1[C@H](C)[C@@H](Oc2cc(-c3nc(C(C)C)cs3)nc3c(C)c(OC)ccc23)CN1C(=O)[C@H](N)C(C)(C)C)C(=O)NS(=O)(=O)C1CC1. The van der Waals surface area contributed by atoms with E-state index in [1.54, 1.807) is 7.11 Å². The molecule has 0 spiro atoms. The van der Waals surface area contributed by atoms with Crippen LogP contribution < -0.4 is 25.2 Å². The summed E-state index contributed by atoms with van der Waals surface area (Å²) in [7, 11) is -2.28. The number of thiazole rings is 1. The molecule has 3 amide bonds. The number of fused-ring (bicyclic) bond motifs is 1. The Hall–Kier alpha value is -4.08. The molecule has 1 aliphatic heterocycles. The maximum atomic E-state index is 14.4. The van der Waals surface area contributed by atoms with Gasteiger partial charge in [0.05, 0.1) is 36.2 Å². The van der Waals surface area contributed by atoms with Gasteiger partial charge in [-0.2, -0.15) is 0 Å². The Morgan fingerprint density at radius 2 is 1.87 bits per heavy atom. The summed E-state index contributed by atoms with van der Waals surface area (Å²) in [5.41, 5.74) is 7.41. The fourth-order valence-corrected chi connectivity index (χ4v) is 9.22. The van der Waals surface area contributed by atoms with Crippen molar-refractivity contribution in [1.82, 2.24) is 24.9 Å². The number of carbonyl (C=O) groups is 3. The zero-order chi connectivity index (χ0) is 38.8. The zero-order valence-electron chi connectivity index (χ0n) is 31.6. The van der Waals surface area contributed by atoms with Crippen molar-refractivity contribution < 1.29 is 32.3 Å². The van der Waals surface area contributed by atoms with Crippen LogP contribution in [-0.2, 0) is 24.4 Å². The average Bonchev–Trinajstić information content (AvgIpc) is 3.99. The van der Waals surface area contributed by atoms with Crippen LogP contribution in [0.3, 0.4) is 0 Å². The Labute approximate surface area is 315 Å². The second kappa shape index (κ2) is 14.0. The number of aryl methyl sites for hydroxylation is 1. The number of ether oxygens (including phenoxy) is 2. The largest absolute Gasteiger partial charge is 0.496 e. The number of pyridine rings is 1. The predicted octanol–water partition coefficient (Wildman–Crippen LogP) is 4.44. The third-order valence-corrected chi connectivity index (χ3v) is 13.5. The van der Waals surface area contributed by atoms with Gasteiger partial charge in [-0.1, -0.05) is 47.6 Å². The number of aromatic nitrogens is 2. The van der Waals surface area contributed by atoms with Crippen molar-refractivity contribution in [2.75, 3.05) is 13.7 Å². The molecule has 286 valence electrons. The molecule has 3 fully saturated rings. The molecule has 0 unspecified atom stereocenters. The van der Waals surface area contributed by atoms with Crippen molar-refractivity contribution in [2.45, 2.75) is 103 Å². The van der Waals surface area contributed by atoms with Crippen LogP contribution in [0, 0.1) is 24.2 Å². The molecule has 6 atom stereocenters. The monoisotopic (exact) mass is 766 g/mol. The number of methoxy groups -OCH3 is 1. The van der Waals surface area contributed by atoms with Gasteiger partial charge in [0.2, 0.25) is 21.8 Å². The average molecular weight is 767 g/mol. The van der Waals surface area contributed by atoms with Crippen molar-refractivity contribution in [2.24, 2.45) is 23.0 Å². The van der Waals surface area contributed by atoms with Crippen LogP contribution >= 0.6 is 11.3 Å². The highest BCUT2D eigenvalue weighted by Crippen LogP contribution is 2.46. The quantitative estimate of drug-likeness (QED) is 0.223. The van der Waals surface area contributed by atoms with Gasteiger partial charge in [0.25, 0.3) is 5.91 Å². The van der Waals surface area contributed by atoms with E-state index in [2.05, 4.69) is 30.5 Å². The number of carbonyl (C=O) groups excluding carboxylic acids is 3. The first kappa shape index (κ1) is 38.6. The van der Waals surface area contributed by atoms with Gasteiger partial charge in [-0.25, -0.2) is 18.4 Å². The maximum absolute atomic E-state index is 14.4. The summed E-state index contributed by atoms with van der Waals surface area (Å²) < 4.78 is 40.1. The van der Waals surface area contributed by atoms with E-state index in [1.807, 2.05) is 58.2 Å². The highest BCUT2D eigenvalue weighted by Gasteiger charge is 2.62. The molecule has 15 heteroatoms. The third kappa shape index (κ3) is 7.27. The molecule has 6 rings (SSSR count). The van der Waals surface area contributed by atoms with Crippen LogP contribution in [0.2, 0.25) is 0 Å². The molecule has 0 bridgehead atoms. The van der Waals surface area contributed by atoms with E-state index >= 15 is 0 Å². The number of benzene rings is 1. The molecule has 1 aromatic carbocycles. The van der Waals surface area contributed by atoms with E-state index in [0.717, 1.165) is 21.7 Å². The fourth-order valence-electron chi connectivity index (χ4n) is 6.91. The molecule has 3 aliphatic rings. The summed E-state index contributed by atoms with van der Waals surface area (Å²) >= 11 is 1.49. The first-order valence-electron chi connectivity index (χ1n) is 18.0. The van der Waals surface area contributed by atoms with Crippen LogP contribution in [0.15, 0.2) is 36.2 Å². The Morgan fingerprint density at radius 1 is 1.17 bits per heavy atom. The Bertz CT molecular complexity index is 2070. The number of sulfonamides is 1. The Kier molecular flexibility index (Phi) is 10.2. The molecular weight excluding hydrogens is 717 g/mol. The Morgan fingerprint density at radius 3 is 2.43 bits per heavy atom. The molecule has 4 N–H and O–H groups in total. The van der Waals surface area contributed by atoms with Gasteiger partial charge in [-0.3, -0.25) is 19.1 Å². The predicted molar refractivity (Wildman–Crippen MR) is 204 cm³/mol. The number of hydrogen-bond donors (Lipinski definition) is 3. The van der Waals surface area contributed by atoms with E-state index in [9.17, 15) is 22.8 Å². The van der Waals surface area contributed by atoms with Gasteiger partial charge in [0, 0.05) is 34.2 Å². The number of nitrogens with zero attached hydrogens (tertiary/aromatic N) is 3. The maximum Gasteiger partial charge on any atom is 0.259 e. The van der Waals surface area contributed by atoms with E-state index in [4.69, 9.17) is 25.2 Å². The van der Waals surface area contributed by atoms with Crippen LogP contribution in [0.25, 0.3) is 21.6 Å². The van der Waals surface area contributed by atoms with Crippen molar-refractivity contribution in [3.05, 3.63) is 47.5 Å². The lowest BCUT2D eigenvalue weighted by molar-refractivity contribution is -0.143. The topological polar surface area (TPSA) is 183 Å². The van der Waals surface area contributed by atoms with E-state index < -0.39 is 74.0 Å². The molecule has 53 heavy (non-hydrogen) atoms. The summed E-state index contributed by atoms with van der Waals surface area (Å²) in [4.78, 5) is 53.3. The summed E-state index contributed by atoms with van der Waals surface area (Å²) in [5.74, 6) is -1.54. The van der Waals surface area contributed by atoms with Crippen LogP contribution in [0.5, 0.6) is 11.5 Å². The molecule has 3 heterocycles. The molecule has 1 saturated heterocycles. The standard InChI is InChI=1S/C38H50N6O7S2/c1-10-22-16-38(22,36(47)43-53(48,49)23-11-12-23)42-33(45)31-21(5)29(17-44(31)35(46)32(39)37(6,7)8)51-28-15-25(34-41-26(18-52-34)19(2)3)40-30-20(4)27(50-9)14-13-24(28)30/h10,13-15,18-19,21-23,29,31-32H,1,11-12,16-17,39H2,2-9H3,(H,42,45)(H,43,47)/t21-,22-,29+,31+,32+,38-/m1/s1. The normalized spacial score (nSPS) is 24.9. The minimum Gasteiger partial charge on any atom is -0.496 e. The minimum absolute atomic E-state index is 0.0328. The van der Waals surface area contributed by atoms with Crippen LogP contribution in [-0.4, -0.2) is 83.6 Å². The Balaban J connectivity index is 1.36. The molecule has 2 saturated carbocycles. The van der Waals surface area contributed by atoms with Crippen molar-refractivity contribution in [1.29, 1.82) is 0 Å². The summed E-state index contributed by atoms with van der Waals surface area (Å²) in [6.07, 6.45) is 1.97. The van der Waals surface area contributed by atoms with E-state index in [0.29, 0.717) is 35.6 Å². The molecule has 2 aromatic heterocycles. The van der Waals surface area contributed by atoms with E-state index in [1.165, 1.54) is 22.3 Å². The van der Waals surface area contributed by atoms with Crippen molar-refractivity contribution in [3.8, 4) is 22.2 Å². The summed E-state index contributed by atoms with van der Waals surface area (Å²) in [6, 6.07) is 3.52. The van der Waals surface area contributed by atoms with Gasteiger partial charge >= 0.3 is 0 Å². The number of rotatable bonds is 12. The number of nitrogens with one attached hydrogen (secondary N) is 2. The van der Waals surface area contributed by atoms with E-state index in [-0.39, 0.29) is 18.9 Å². The second-order valence-corrected chi connectivity index (χ2v) is 18.8. The van der Waals surface area contributed by atoms with Gasteiger partial charge in [0.15, 0.2) is 0 Å². The van der Waals surface area contributed by atoms with Gasteiger partial charge in [-0.05, 0) is 49.7 Å². The summed E-state index contributed by atoms with van der Waals surface area (Å²) in [5, 5.41) is 5.69. The summed E-state index contributed by atoms with van der Waals surface area (Å²) in [6.45, 7) is 17.3. The minimum atomic E-state index is -3.88. The number of nitrogens with two attached hydrogens (primary N) is 1. The molecule has 0 radical (unpaired) electrons. The molecular formula is C38H50N6O7S2. The first-order chi connectivity index (χ1) is 24.8. The molecule has 2 aliphatic carbocycles. The zero-order valence-corrected chi connectivity index (χ0v) is 33.2. The van der Waals surface area contributed by atoms with Crippen LogP contribution in [0.1, 0.15) is 78.0 Å². The van der Waals surface area contributed by atoms with Gasteiger partial charge in [0.1, 0.15) is 39.9 Å². The lowest BCUT2D eigenvalue weighted by Crippen LogP contribution is -2.59. The number of amides is 3. The number of hydrogen-bond acceptors (Lipinski definition) is 11. The van der Waals surface area contributed by atoms with Gasteiger partial charge < -0.3 is 25.4 Å². The third-order valence-electron chi connectivity index (χ3n) is 10.8. The highest BCUT2D eigenvalue weighted by atomic mass is 32.2. The number of likely N-dealkylation sites (tertiary alicyclic amines) is 1. The highest BCUT2D eigenvalue weighted by molar-refractivity contribution is 7.91.